The lowest BCUT2D eigenvalue weighted by atomic mass is 9.92. The molecule has 0 saturated heterocycles. The fourth-order valence-electron chi connectivity index (χ4n) is 3.15. The van der Waals surface area contributed by atoms with Gasteiger partial charge in [0.25, 0.3) is 0 Å². The van der Waals surface area contributed by atoms with Crippen LogP contribution >= 0.6 is 0 Å². The third kappa shape index (κ3) is 4.83. The predicted molar refractivity (Wildman–Crippen MR) is 103 cm³/mol. The van der Waals surface area contributed by atoms with Crippen molar-refractivity contribution >= 4 is 17.5 Å². The van der Waals surface area contributed by atoms with E-state index >= 15 is 0 Å². The summed E-state index contributed by atoms with van der Waals surface area (Å²) in [7, 11) is 0. The molecule has 4 nitrogen and oxygen atoms in total. The summed E-state index contributed by atoms with van der Waals surface area (Å²) in [6, 6.07) is 6.20. The molecule has 1 aromatic rings. The lowest BCUT2D eigenvalue weighted by Gasteiger charge is -2.21. The first-order valence-corrected chi connectivity index (χ1v) is 9.27. The van der Waals surface area contributed by atoms with Crippen LogP contribution in [0.5, 0.6) is 0 Å². The van der Waals surface area contributed by atoms with Crippen LogP contribution in [0.15, 0.2) is 18.2 Å². The number of carbonyl (C=O) groups is 2. The number of carbonyl (C=O) groups excluding carboxylic acids is 2. The van der Waals surface area contributed by atoms with Crippen molar-refractivity contribution in [3.05, 3.63) is 29.3 Å². The number of nitrogens with one attached hydrogen (secondary N) is 2. The van der Waals surface area contributed by atoms with E-state index in [-0.39, 0.29) is 29.2 Å². The van der Waals surface area contributed by atoms with E-state index in [1.54, 1.807) is 0 Å². The van der Waals surface area contributed by atoms with Crippen LogP contribution in [-0.4, -0.2) is 17.4 Å². The fraction of sp³-hybridized carbons (Fsp3) is 0.619. The molecule has 0 radical (unpaired) electrons. The number of anilines is 1. The Hall–Kier alpha value is -1.84. The van der Waals surface area contributed by atoms with E-state index in [1.807, 2.05) is 20.8 Å². The van der Waals surface area contributed by atoms with E-state index in [0.717, 1.165) is 16.8 Å². The van der Waals surface area contributed by atoms with Crippen molar-refractivity contribution in [3.63, 3.8) is 0 Å². The molecule has 1 fully saturated rings. The second-order valence-corrected chi connectivity index (χ2v) is 8.80. The fourth-order valence-corrected chi connectivity index (χ4v) is 3.15. The first-order chi connectivity index (χ1) is 11.5. The van der Waals surface area contributed by atoms with Crippen LogP contribution in [-0.2, 0) is 9.59 Å². The molecule has 0 bridgehead atoms. The maximum Gasteiger partial charge on any atom is 0.228 e. The Morgan fingerprint density at radius 2 is 1.44 bits per heavy atom. The van der Waals surface area contributed by atoms with Crippen molar-refractivity contribution in [3.8, 4) is 0 Å². The Kier molecular flexibility index (Phi) is 5.60. The zero-order valence-electron chi connectivity index (χ0n) is 16.6. The molecule has 0 aromatic heterocycles. The van der Waals surface area contributed by atoms with E-state index in [4.69, 9.17) is 0 Å². The average Bonchev–Trinajstić information content (AvgIpc) is 3.25. The standard InChI is InChI=1S/C21H32N2O2/c1-12(2)14-9-8-10-15(13(3)4)18(14)22-19(24)16-11-17(16)20(25)23-21(5,6)7/h8-10,12-13,16-17H,11H2,1-7H3,(H,22,24)(H,23,25). The summed E-state index contributed by atoms with van der Waals surface area (Å²) in [6.45, 7) is 14.4. The van der Waals surface area contributed by atoms with Gasteiger partial charge in [-0.1, -0.05) is 45.9 Å². The van der Waals surface area contributed by atoms with E-state index in [9.17, 15) is 9.59 Å². The number of amides is 2. The number of rotatable bonds is 5. The van der Waals surface area contributed by atoms with Crippen LogP contribution in [0.25, 0.3) is 0 Å². The van der Waals surface area contributed by atoms with Gasteiger partial charge in [0.1, 0.15) is 0 Å². The molecular formula is C21H32N2O2. The Labute approximate surface area is 151 Å². The quantitative estimate of drug-likeness (QED) is 0.830. The third-order valence-corrected chi connectivity index (χ3v) is 4.58. The molecule has 2 unspecified atom stereocenters. The molecule has 25 heavy (non-hydrogen) atoms. The number of hydrogen-bond donors (Lipinski definition) is 2. The van der Waals surface area contributed by atoms with E-state index in [1.165, 1.54) is 0 Å². The molecule has 4 heteroatoms. The first kappa shape index (κ1) is 19.5. The van der Waals surface area contributed by atoms with Gasteiger partial charge < -0.3 is 10.6 Å². The molecule has 1 aromatic carbocycles. The molecule has 1 aliphatic rings. The largest absolute Gasteiger partial charge is 0.351 e. The third-order valence-electron chi connectivity index (χ3n) is 4.58. The first-order valence-electron chi connectivity index (χ1n) is 9.27. The second kappa shape index (κ2) is 7.19. The van der Waals surface area contributed by atoms with Gasteiger partial charge in [-0.2, -0.15) is 0 Å². The zero-order valence-corrected chi connectivity index (χ0v) is 16.6. The van der Waals surface area contributed by atoms with Gasteiger partial charge in [-0.3, -0.25) is 9.59 Å². The molecule has 2 N–H and O–H groups in total. The van der Waals surface area contributed by atoms with E-state index < -0.39 is 0 Å². The number of para-hydroxylation sites is 1. The highest BCUT2D eigenvalue weighted by atomic mass is 16.2. The van der Waals surface area contributed by atoms with Gasteiger partial charge >= 0.3 is 0 Å². The molecule has 0 spiro atoms. The predicted octanol–water partition coefficient (Wildman–Crippen LogP) is 4.42. The van der Waals surface area contributed by atoms with Gasteiger partial charge in [-0.15, -0.1) is 0 Å². The van der Waals surface area contributed by atoms with Gasteiger partial charge in [-0.05, 0) is 50.2 Å². The van der Waals surface area contributed by atoms with Gasteiger partial charge in [0.2, 0.25) is 11.8 Å². The smallest absolute Gasteiger partial charge is 0.228 e. The van der Waals surface area contributed by atoms with Gasteiger partial charge in [-0.25, -0.2) is 0 Å². The lowest BCUT2D eigenvalue weighted by molar-refractivity contribution is -0.126. The molecule has 2 atom stereocenters. The topological polar surface area (TPSA) is 58.2 Å². The second-order valence-electron chi connectivity index (χ2n) is 8.80. The van der Waals surface area contributed by atoms with Crippen molar-refractivity contribution in [2.75, 3.05) is 5.32 Å². The summed E-state index contributed by atoms with van der Waals surface area (Å²) in [4.78, 5) is 25.0. The summed E-state index contributed by atoms with van der Waals surface area (Å²) in [5.74, 6) is 0.176. The normalized spacial score (nSPS) is 19.9. The highest BCUT2D eigenvalue weighted by Crippen LogP contribution is 2.41. The zero-order chi connectivity index (χ0) is 18.9. The minimum absolute atomic E-state index is 0.0196. The Balaban J connectivity index is 2.13. The Morgan fingerprint density at radius 3 is 1.88 bits per heavy atom. The minimum atomic E-state index is -0.268. The van der Waals surface area contributed by atoms with Crippen molar-refractivity contribution in [1.82, 2.24) is 5.32 Å². The van der Waals surface area contributed by atoms with Gasteiger partial charge in [0, 0.05) is 11.2 Å². The van der Waals surface area contributed by atoms with Crippen LogP contribution in [0.3, 0.4) is 0 Å². The van der Waals surface area contributed by atoms with E-state index in [2.05, 4.69) is 56.5 Å². The molecule has 0 heterocycles. The maximum absolute atomic E-state index is 12.7. The van der Waals surface area contributed by atoms with Crippen molar-refractivity contribution in [2.45, 2.75) is 72.3 Å². The van der Waals surface area contributed by atoms with Crippen LogP contribution in [0, 0.1) is 11.8 Å². The highest BCUT2D eigenvalue weighted by Gasteiger charge is 2.48. The van der Waals surface area contributed by atoms with Crippen molar-refractivity contribution in [1.29, 1.82) is 0 Å². The van der Waals surface area contributed by atoms with Gasteiger partial charge in [0.15, 0.2) is 0 Å². The Bertz CT molecular complexity index is 630. The summed E-state index contributed by atoms with van der Waals surface area (Å²) in [5.41, 5.74) is 2.96. The molecule has 1 saturated carbocycles. The summed E-state index contributed by atoms with van der Waals surface area (Å²) in [5, 5.41) is 6.10. The molecular weight excluding hydrogens is 312 g/mol. The molecule has 0 aliphatic heterocycles. The summed E-state index contributed by atoms with van der Waals surface area (Å²) < 4.78 is 0. The van der Waals surface area contributed by atoms with Gasteiger partial charge in [0.05, 0.1) is 11.8 Å². The van der Waals surface area contributed by atoms with Crippen LogP contribution in [0.4, 0.5) is 5.69 Å². The van der Waals surface area contributed by atoms with Crippen molar-refractivity contribution < 1.29 is 9.59 Å². The van der Waals surface area contributed by atoms with E-state index in [0.29, 0.717) is 18.3 Å². The number of benzene rings is 1. The Morgan fingerprint density at radius 1 is 0.960 bits per heavy atom. The molecule has 2 amide bonds. The molecule has 138 valence electrons. The van der Waals surface area contributed by atoms with Crippen LogP contribution in [0.1, 0.15) is 77.8 Å². The monoisotopic (exact) mass is 344 g/mol. The SMILES string of the molecule is CC(C)c1cccc(C(C)C)c1NC(=O)C1CC1C(=O)NC(C)(C)C. The average molecular weight is 344 g/mol. The van der Waals surface area contributed by atoms with Crippen LogP contribution < -0.4 is 10.6 Å². The summed E-state index contributed by atoms with van der Waals surface area (Å²) in [6.07, 6.45) is 0.634. The molecule has 1 aliphatic carbocycles. The number of hydrogen-bond acceptors (Lipinski definition) is 2. The lowest BCUT2D eigenvalue weighted by Crippen LogP contribution is -2.42. The molecule has 2 rings (SSSR count). The summed E-state index contributed by atoms with van der Waals surface area (Å²) >= 11 is 0. The maximum atomic E-state index is 12.7. The van der Waals surface area contributed by atoms with Crippen LogP contribution in [0.2, 0.25) is 0 Å². The minimum Gasteiger partial charge on any atom is -0.351 e. The van der Waals surface area contributed by atoms with Crippen molar-refractivity contribution in [2.24, 2.45) is 11.8 Å². The highest BCUT2D eigenvalue weighted by molar-refractivity contribution is 6.00.